The van der Waals surface area contributed by atoms with Crippen LogP contribution < -0.4 is 9.64 Å². The fraction of sp³-hybridized carbons (Fsp3) is 0.450. The van der Waals surface area contributed by atoms with E-state index in [0.717, 1.165) is 43.9 Å². The zero-order chi connectivity index (χ0) is 19.7. The summed E-state index contributed by atoms with van der Waals surface area (Å²) in [5.74, 6) is 1.31. The molecular formula is C20H22Cl2N4O2. The quantitative estimate of drug-likeness (QED) is 0.758. The highest BCUT2D eigenvalue weighted by Crippen LogP contribution is 2.29. The molecule has 0 N–H and O–H groups in total. The lowest BCUT2D eigenvalue weighted by atomic mass is 10.2. The summed E-state index contributed by atoms with van der Waals surface area (Å²) in [6.07, 6.45) is 2.65. The minimum absolute atomic E-state index is 0.0503. The second-order valence-corrected chi connectivity index (χ2v) is 8.02. The van der Waals surface area contributed by atoms with E-state index >= 15 is 0 Å². The van der Waals surface area contributed by atoms with Crippen LogP contribution in [0.15, 0.2) is 24.3 Å². The van der Waals surface area contributed by atoms with Gasteiger partial charge in [0.15, 0.2) is 11.9 Å². The van der Waals surface area contributed by atoms with E-state index < -0.39 is 6.10 Å². The van der Waals surface area contributed by atoms with Crippen molar-refractivity contribution in [2.24, 2.45) is 0 Å². The maximum Gasteiger partial charge on any atom is 0.263 e. The summed E-state index contributed by atoms with van der Waals surface area (Å²) in [5.41, 5.74) is 2.44. The molecule has 1 aromatic carbocycles. The van der Waals surface area contributed by atoms with Crippen molar-refractivity contribution in [1.82, 2.24) is 15.1 Å². The van der Waals surface area contributed by atoms with Crippen molar-refractivity contribution in [2.45, 2.75) is 32.3 Å². The van der Waals surface area contributed by atoms with E-state index in [-0.39, 0.29) is 5.91 Å². The number of piperazine rings is 1. The molecule has 0 saturated carbocycles. The number of fused-ring (bicyclic) bond motifs is 1. The first-order chi connectivity index (χ1) is 13.5. The molecule has 0 bridgehead atoms. The summed E-state index contributed by atoms with van der Waals surface area (Å²) in [6, 6.07) is 7.13. The van der Waals surface area contributed by atoms with Crippen molar-refractivity contribution in [3.8, 4) is 5.75 Å². The van der Waals surface area contributed by atoms with Crippen LogP contribution in [0.2, 0.25) is 10.0 Å². The van der Waals surface area contributed by atoms with Gasteiger partial charge < -0.3 is 14.5 Å². The maximum atomic E-state index is 12.8. The molecule has 6 nitrogen and oxygen atoms in total. The topological polar surface area (TPSA) is 58.6 Å². The third-order valence-corrected chi connectivity index (χ3v) is 5.80. The smallest absolute Gasteiger partial charge is 0.263 e. The number of carbonyl (C=O) groups is 1. The number of amides is 1. The number of carbonyl (C=O) groups excluding carboxylic acids is 1. The number of benzene rings is 1. The molecule has 2 heterocycles. The van der Waals surface area contributed by atoms with E-state index in [1.807, 2.05) is 4.90 Å². The van der Waals surface area contributed by atoms with E-state index in [9.17, 15) is 4.79 Å². The fourth-order valence-electron chi connectivity index (χ4n) is 3.70. The van der Waals surface area contributed by atoms with E-state index in [0.29, 0.717) is 28.9 Å². The van der Waals surface area contributed by atoms with Gasteiger partial charge in [-0.25, -0.2) is 0 Å². The van der Waals surface area contributed by atoms with Crippen LogP contribution in [0.5, 0.6) is 5.75 Å². The number of hydrogen-bond acceptors (Lipinski definition) is 5. The molecule has 1 unspecified atom stereocenters. The van der Waals surface area contributed by atoms with Crippen molar-refractivity contribution >= 4 is 34.9 Å². The predicted molar refractivity (Wildman–Crippen MR) is 109 cm³/mol. The molecule has 148 valence electrons. The number of halogens is 2. The van der Waals surface area contributed by atoms with E-state index in [1.165, 1.54) is 5.56 Å². The highest BCUT2D eigenvalue weighted by Gasteiger charge is 2.27. The van der Waals surface area contributed by atoms with Gasteiger partial charge in [0.1, 0.15) is 5.75 Å². The third-order valence-electron chi connectivity index (χ3n) is 5.27. The van der Waals surface area contributed by atoms with E-state index in [2.05, 4.69) is 21.2 Å². The van der Waals surface area contributed by atoms with Crippen molar-refractivity contribution in [1.29, 1.82) is 0 Å². The van der Waals surface area contributed by atoms with Crippen molar-refractivity contribution in [2.75, 3.05) is 31.1 Å². The summed E-state index contributed by atoms with van der Waals surface area (Å²) < 4.78 is 5.76. The molecule has 1 aliphatic heterocycles. The largest absolute Gasteiger partial charge is 0.479 e. The molecule has 28 heavy (non-hydrogen) atoms. The molecule has 1 atom stereocenters. The highest BCUT2D eigenvalue weighted by atomic mass is 35.5. The minimum Gasteiger partial charge on any atom is -0.479 e. The van der Waals surface area contributed by atoms with Crippen LogP contribution in [0.4, 0.5) is 5.82 Å². The molecule has 2 aromatic rings. The molecule has 2 aliphatic rings. The molecule has 0 spiro atoms. The molecule has 1 aromatic heterocycles. The van der Waals surface area contributed by atoms with Crippen LogP contribution in [-0.2, 0) is 17.6 Å². The Morgan fingerprint density at radius 3 is 2.64 bits per heavy atom. The number of aromatic nitrogens is 2. The number of hydrogen-bond donors (Lipinski definition) is 0. The van der Waals surface area contributed by atoms with Crippen LogP contribution in [-0.4, -0.2) is 53.3 Å². The molecular weight excluding hydrogens is 399 g/mol. The normalized spacial score (nSPS) is 17.4. The van der Waals surface area contributed by atoms with E-state index in [4.69, 9.17) is 27.9 Å². The summed E-state index contributed by atoms with van der Waals surface area (Å²) in [5, 5.41) is 9.66. The first-order valence-corrected chi connectivity index (χ1v) is 10.3. The van der Waals surface area contributed by atoms with Crippen LogP contribution in [0.3, 0.4) is 0 Å². The second-order valence-electron chi connectivity index (χ2n) is 7.18. The first kappa shape index (κ1) is 19.3. The number of ether oxygens (including phenoxy) is 1. The zero-order valence-electron chi connectivity index (χ0n) is 15.7. The van der Waals surface area contributed by atoms with Gasteiger partial charge in [-0.1, -0.05) is 23.2 Å². The molecule has 8 heteroatoms. The van der Waals surface area contributed by atoms with Gasteiger partial charge in [-0.15, -0.1) is 5.10 Å². The Kier molecular flexibility index (Phi) is 5.60. The third kappa shape index (κ3) is 4.03. The Hall–Kier alpha value is -2.05. The zero-order valence-corrected chi connectivity index (χ0v) is 17.2. The Labute approximate surface area is 174 Å². The van der Waals surface area contributed by atoms with Crippen LogP contribution >= 0.6 is 23.2 Å². The van der Waals surface area contributed by atoms with Gasteiger partial charge in [-0.05, 0) is 56.0 Å². The van der Waals surface area contributed by atoms with Gasteiger partial charge in [0, 0.05) is 31.2 Å². The summed E-state index contributed by atoms with van der Waals surface area (Å²) >= 11 is 12.0. The SMILES string of the molecule is CC(Oc1ccc(Cl)cc1Cl)C(=O)N1CCN(c2cc3c(nn2)CCC3)CC1. The lowest BCUT2D eigenvalue weighted by Gasteiger charge is -2.36. The van der Waals surface area contributed by atoms with Gasteiger partial charge >= 0.3 is 0 Å². The average Bonchev–Trinajstić information content (AvgIpc) is 3.17. The predicted octanol–water partition coefficient (Wildman–Crippen LogP) is 3.39. The van der Waals surface area contributed by atoms with Gasteiger partial charge in [0.25, 0.3) is 5.91 Å². The minimum atomic E-state index is -0.620. The summed E-state index contributed by atoms with van der Waals surface area (Å²) in [6.45, 7) is 4.45. The average molecular weight is 421 g/mol. The maximum absolute atomic E-state index is 12.8. The van der Waals surface area contributed by atoms with Gasteiger partial charge in [-0.3, -0.25) is 4.79 Å². The molecule has 1 aliphatic carbocycles. The van der Waals surface area contributed by atoms with Crippen molar-refractivity contribution in [3.63, 3.8) is 0 Å². The van der Waals surface area contributed by atoms with Crippen molar-refractivity contribution in [3.05, 3.63) is 45.6 Å². The lowest BCUT2D eigenvalue weighted by Crippen LogP contribution is -2.52. The molecule has 0 radical (unpaired) electrons. The Morgan fingerprint density at radius 1 is 1.11 bits per heavy atom. The second kappa shape index (κ2) is 8.13. The summed E-state index contributed by atoms with van der Waals surface area (Å²) in [7, 11) is 0. The lowest BCUT2D eigenvalue weighted by molar-refractivity contribution is -0.138. The highest BCUT2D eigenvalue weighted by molar-refractivity contribution is 6.35. The number of anilines is 1. The Balaban J connectivity index is 1.34. The molecule has 1 saturated heterocycles. The first-order valence-electron chi connectivity index (χ1n) is 9.52. The molecule has 4 rings (SSSR count). The number of nitrogens with zero attached hydrogens (tertiary/aromatic N) is 4. The monoisotopic (exact) mass is 420 g/mol. The van der Waals surface area contributed by atoms with E-state index in [1.54, 1.807) is 25.1 Å². The number of aryl methyl sites for hydroxylation is 2. The Morgan fingerprint density at radius 2 is 1.89 bits per heavy atom. The standard InChI is InChI=1S/C20H22Cl2N4O2/c1-13(28-18-6-5-15(21)12-16(18)22)20(27)26-9-7-25(8-10-26)19-11-14-3-2-4-17(14)23-24-19/h5-6,11-13H,2-4,7-10H2,1H3. The molecule has 1 amide bonds. The van der Waals surface area contributed by atoms with Gasteiger partial charge in [0.2, 0.25) is 0 Å². The molecule has 1 fully saturated rings. The van der Waals surface area contributed by atoms with Crippen LogP contribution in [0.1, 0.15) is 24.6 Å². The van der Waals surface area contributed by atoms with Gasteiger partial charge in [0.05, 0.1) is 10.7 Å². The van der Waals surface area contributed by atoms with Crippen LogP contribution in [0.25, 0.3) is 0 Å². The number of rotatable bonds is 4. The van der Waals surface area contributed by atoms with Gasteiger partial charge in [-0.2, -0.15) is 5.10 Å². The summed E-state index contributed by atoms with van der Waals surface area (Å²) in [4.78, 5) is 16.8. The fourth-order valence-corrected chi connectivity index (χ4v) is 4.15. The van der Waals surface area contributed by atoms with Crippen LogP contribution in [0, 0.1) is 0 Å². The Bertz CT molecular complexity index is 885. The van der Waals surface area contributed by atoms with Crippen molar-refractivity contribution < 1.29 is 9.53 Å².